The van der Waals surface area contributed by atoms with E-state index in [9.17, 15) is 9.59 Å². The molecule has 108 valence electrons. The Morgan fingerprint density at radius 2 is 2.00 bits per heavy atom. The number of nitrogens with two attached hydrogens (primary N) is 1. The van der Waals surface area contributed by atoms with Gasteiger partial charge in [0, 0.05) is 24.5 Å². The number of hydrogen-bond acceptors (Lipinski definition) is 4. The van der Waals surface area contributed by atoms with Crippen LogP contribution in [0.5, 0.6) is 0 Å². The van der Waals surface area contributed by atoms with Crippen molar-refractivity contribution >= 4 is 35.2 Å². The average molecular weight is 297 g/mol. The average Bonchev–Trinajstić information content (AvgIpc) is 2.78. The number of methoxy groups -OCH3 is 1. The lowest BCUT2D eigenvalue weighted by molar-refractivity contribution is -0.141. The van der Waals surface area contributed by atoms with E-state index in [2.05, 4.69) is 4.74 Å². The molecule has 0 aliphatic heterocycles. The molecule has 1 aromatic heterocycles. The zero-order chi connectivity index (χ0) is 14.0. The normalized spacial score (nSPS) is 11.8. The number of ether oxygens (including phenoxy) is 1. The van der Waals surface area contributed by atoms with Gasteiger partial charge in [0.25, 0.3) is 0 Å². The Balaban J connectivity index is 0.00000200. The smallest absolute Gasteiger partial charge is 0.307 e. The molecule has 0 unspecified atom stereocenters. The predicted molar refractivity (Wildman–Crippen MR) is 79.0 cm³/mol. The number of benzene rings is 1. The van der Waals surface area contributed by atoms with Gasteiger partial charge in [-0.3, -0.25) is 14.2 Å². The largest absolute Gasteiger partial charge is 0.469 e. The summed E-state index contributed by atoms with van der Waals surface area (Å²) >= 11 is 0. The van der Waals surface area contributed by atoms with Crippen molar-refractivity contribution in [3.05, 3.63) is 36.0 Å². The van der Waals surface area contributed by atoms with Crippen molar-refractivity contribution in [1.82, 2.24) is 4.57 Å². The first-order chi connectivity index (χ1) is 9.04. The van der Waals surface area contributed by atoms with E-state index in [1.54, 1.807) is 10.8 Å². The Morgan fingerprint density at radius 1 is 1.35 bits per heavy atom. The molecule has 2 rings (SSSR count). The van der Waals surface area contributed by atoms with Gasteiger partial charge < -0.3 is 10.5 Å². The van der Waals surface area contributed by atoms with Crippen LogP contribution in [0.2, 0.25) is 0 Å². The molecule has 0 aliphatic rings. The fourth-order valence-corrected chi connectivity index (χ4v) is 2.13. The Labute approximate surface area is 123 Å². The molecule has 0 radical (unpaired) electrons. The fourth-order valence-electron chi connectivity index (χ4n) is 2.13. The molecule has 0 fully saturated rings. The minimum Gasteiger partial charge on any atom is -0.469 e. The number of nitrogens with zero attached hydrogens (tertiary/aromatic N) is 1. The SMILES string of the molecule is COC(=O)C[C@H](N)c1cn(C(C)=O)c2ccccc12.Cl. The summed E-state index contributed by atoms with van der Waals surface area (Å²) in [6, 6.07) is 6.99. The molecule has 1 heterocycles. The third-order valence-corrected chi connectivity index (χ3v) is 3.10. The Bertz CT molecular complexity index is 636. The van der Waals surface area contributed by atoms with Crippen LogP contribution in [0.3, 0.4) is 0 Å². The van der Waals surface area contributed by atoms with Crippen molar-refractivity contribution in [2.75, 3.05) is 7.11 Å². The lowest BCUT2D eigenvalue weighted by Crippen LogP contribution is -2.16. The molecule has 5 nitrogen and oxygen atoms in total. The number of para-hydroxylation sites is 1. The monoisotopic (exact) mass is 296 g/mol. The van der Waals surface area contributed by atoms with E-state index in [1.165, 1.54) is 14.0 Å². The molecule has 6 heteroatoms. The summed E-state index contributed by atoms with van der Waals surface area (Å²) in [6.45, 7) is 1.49. The third-order valence-electron chi connectivity index (χ3n) is 3.10. The molecule has 0 aliphatic carbocycles. The van der Waals surface area contributed by atoms with Crippen LogP contribution < -0.4 is 5.73 Å². The molecule has 0 spiro atoms. The number of carbonyl (C=O) groups is 2. The van der Waals surface area contributed by atoms with Crippen molar-refractivity contribution in [3.8, 4) is 0 Å². The molecule has 20 heavy (non-hydrogen) atoms. The van der Waals surface area contributed by atoms with Crippen LogP contribution in [-0.2, 0) is 9.53 Å². The van der Waals surface area contributed by atoms with E-state index in [1.807, 2.05) is 24.3 Å². The Kier molecular flexibility index (Phi) is 5.30. The molecule has 1 aromatic carbocycles. The van der Waals surface area contributed by atoms with Gasteiger partial charge in [0.05, 0.1) is 19.0 Å². The quantitative estimate of drug-likeness (QED) is 0.882. The summed E-state index contributed by atoms with van der Waals surface area (Å²) in [5.41, 5.74) is 7.60. The van der Waals surface area contributed by atoms with Crippen molar-refractivity contribution in [2.45, 2.75) is 19.4 Å². The van der Waals surface area contributed by atoms with Gasteiger partial charge in [-0.1, -0.05) is 18.2 Å². The van der Waals surface area contributed by atoms with Crippen LogP contribution in [0.4, 0.5) is 0 Å². The molecule has 0 bridgehead atoms. The summed E-state index contributed by atoms with van der Waals surface area (Å²) in [4.78, 5) is 22.9. The first kappa shape index (κ1) is 16.2. The number of esters is 1. The third kappa shape index (κ3) is 3.00. The van der Waals surface area contributed by atoms with E-state index in [-0.39, 0.29) is 30.7 Å². The van der Waals surface area contributed by atoms with Crippen LogP contribution in [0.25, 0.3) is 10.9 Å². The molecular formula is C14H17ClN2O3. The first-order valence-electron chi connectivity index (χ1n) is 5.98. The highest BCUT2D eigenvalue weighted by atomic mass is 35.5. The minimum absolute atomic E-state index is 0. The fraction of sp³-hybridized carbons (Fsp3) is 0.286. The molecule has 0 saturated carbocycles. The van der Waals surface area contributed by atoms with Crippen LogP contribution in [0, 0.1) is 0 Å². The number of hydrogen-bond donors (Lipinski definition) is 1. The summed E-state index contributed by atoms with van der Waals surface area (Å²) < 4.78 is 6.16. The lowest BCUT2D eigenvalue weighted by Gasteiger charge is -2.08. The molecule has 0 amide bonds. The summed E-state index contributed by atoms with van der Waals surface area (Å²) in [6.07, 6.45) is 1.78. The van der Waals surface area contributed by atoms with Crippen LogP contribution >= 0.6 is 12.4 Å². The minimum atomic E-state index is -0.488. The van der Waals surface area contributed by atoms with Gasteiger partial charge in [0.15, 0.2) is 0 Å². The molecular weight excluding hydrogens is 280 g/mol. The van der Waals surface area contributed by atoms with E-state index in [0.29, 0.717) is 0 Å². The maximum atomic E-state index is 11.6. The maximum Gasteiger partial charge on any atom is 0.307 e. The van der Waals surface area contributed by atoms with Gasteiger partial charge in [0.1, 0.15) is 0 Å². The van der Waals surface area contributed by atoms with E-state index in [0.717, 1.165) is 16.5 Å². The van der Waals surface area contributed by atoms with Crippen molar-refractivity contribution in [1.29, 1.82) is 0 Å². The number of carbonyl (C=O) groups excluding carboxylic acids is 2. The maximum absolute atomic E-state index is 11.6. The number of fused-ring (bicyclic) bond motifs is 1. The second kappa shape index (κ2) is 6.54. The number of halogens is 1. The van der Waals surface area contributed by atoms with Gasteiger partial charge in [0.2, 0.25) is 5.91 Å². The highest BCUT2D eigenvalue weighted by Gasteiger charge is 2.18. The zero-order valence-corrected chi connectivity index (χ0v) is 12.1. The van der Waals surface area contributed by atoms with Crippen molar-refractivity contribution in [3.63, 3.8) is 0 Å². The summed E-state index contributed by atoms with van der Waals surface area (Å²) in [5.74, 6) is -0.458. The Morgan fingerprint density at radius 3 is 2.60 bits per heavy atom. The lowest BCUT2D eigenvalue weighted by atomic mass is 10.0. The summed E-state index contributed by atoms with van der Waals surface area (Å²) in [5, 5.41) is 0.883. The van der Waals surface area contributed by atoms with Crippen LogP contribution in [-0.4, -0.2) is 23.6 Å². The predicted octanol–water partition coefficient (Wildman–Crippen LogP) is 2.29. The second-order valence-corrected chi connectivity index (χ2v) is 4.38. The Hall–Kier alpha value is -1.85. The topological polar surface area (TPSA) is 74.3 Å². The van der Waals surface area contributed by atoms with Crippen LogP contribution in [0.15, 0.2) is 30.5 Å². The van der Waals surface area contributed by atoms with Crippen molar-refractivity contribution in [2.24, 2.45) is 5.73 Å². The molecule has 2 aromatic rings. The van der Waals surface area contributed by atoms with Crippen molar-refractivity contribution < 1.29 is 14.3 Å². The van der Waals surface area contributed by atoms with E-state index >= 15 is 0 Å². The van der Waals surface area contributed by atoms with E-state index < -0.39 is 6.04 Å². The van der Waals surface area contributed by atoms with E-state index in [4.69, 9.17) is 5.73 Å². The zero-order valence-electron chi connectivity index (χ0n) is 11.3. The highest BCUT2D eigenvalue weighted by Crippen LogP contribution is 2.27. The molecule has 0 saturated heterocycles. The second-order valence-electron chi connectivity index (χ2n) is 4.38. The highest BCUT2D eigenvalue weighted by molar-refractivity contribution is 5.94. The first-order valence-corrected chi connectivity index (χ1v) is 5.98. The van der Waals surface area contributed by atoms with Gasteiger partial charge in [-0.05, 0) is 11.6 Å². The van der Waals surface area contributed by atoms with Gasteiger partial charge in [-0.2, -0.15) is 0 Å². The van der Waals surface area contributed by atoms with Crippen LogP contribution in [0.1, 0.15) is 29.7 Å². The number of rotatable bonds is 3. The molecule has 1 atom stereocenters. The van der Waals surface area contributed by atoms with Gasteiger partial charge >= 0.3 is 5.97 Å². The van der Waals surface area contributed by atoms with Gasteiger partial charge in [-0.25, -0.2) is 0 Å². The van der Waals surface area contributed by atoms with Gasteiger partial charge in [-0.15, -0.1) is 12.4 Å². The summed E-state index contributed by atoms with van der Waals surface area (Å²) in [7, 11) is 1.33. The number of aromatic nitrogens is 1. The molecule has 2 N–H and O–H groups in total. The standard InChI is InChI=1S/C14H16N2O3.ClH/c1-9(17)16-8-11(12(15)7-14(18)19-2)10-5-3-4-6-13(10)16;/h3-6,8,12H,7,15H2,1-2H3;1H/t12-;/m0./s1.